The second-order valence-electron chi connectivity index (χ2n) is 7.70. The van der Waals surface area contributed by atoms with E-state index in [1.54, 1.807) is 42.5 Å². The lowest BCUT2D eigenvalue weighted by atomic mass is 10.0. The number of aryl methyl sites for hydroxylation is 1. The van der Waals surface area contributed by atoms with Gasteiger partial charge in [-0.05, 0) is 31.0 Å². The Kier molecular flexibility index (Phi) is 10.2. The van der Waals surface area contributed by atoms with Crippen molar-refractivity contribution in [1.29, 1.82) is 0 Å². The van der Waals surface area contributed by atoms with E-state index in [0.717, 1.165) is 31.2 Å². The van der Waals surface area contributed by atoms with Gasteiger partial charge < -0.3 is 9.84 Å². The van der Waals surface area contributed by atoms with Gasteiger partial charge >= 0.3 is 5.97 Å². The number of ether oxygens (including phenoxy) is 1. The number of benzene rings is 2. The van der Waals surface area contributed by atoms with E-state index in [1.165, 1.54) is 18.6 Å². The highest BCUT2D eigenvalue weighted by Gasteiger charge is 2.34. The summed E-state index contributed by atoms with van der Waals surface area (Å²) in [5.41, 5.74) is 1.34. The molecule has 0 radical (unpaired) electrons. The van der Waals surface area contributed by atoms with Crippen molar-refractivity contribution in [3.8, 4) is 0 Å². The van der Waals surface area contributed by atoms with Crippen LogP contribution in [0.15, 0.2) is 59.5 Å². The first kappa shape index (κ1) is 25.0. The molecule has 6 nitrogen and oxygen atoms in total. The van der Waals surface area contributed by atoms with Crippen LogP contribution in [0.25, 0.3) is 0 Å². The number of aliphatic hydroxyl groups is 1. The van der Waals surface area contributed by atoms with Crippen molar-refractivity contribution < 1.29 is 23.1 Å². The Morgan fingerprint density at radius 3 is 2.23 bits per heavy atom. The molecular weight excluding hydrogens is 414 g/mol. The SMILES string of the molecule is CCCCCCCCOC(=O)[C@@H](NS(=O)(=O)c1ccc(C)cc1)[C@@H](O)c1ccccc1. The fourth-order valence-corrected chi connectivity index (χ4v) is 4.37. The van der Waals surface area contributed by atoms with Gasteiger partial charge in [-0.3, -0.25) is 4.79 Å². The van der Waals surface area contributed by atoms with Gasteiger partial charge in [0.2, 0.25) is 10.0 Å². The van der Waals surface area contributed by atoms with E-state index in [9.17, 15) is 18.3 Å². The summed E-state index contributed by atoms with van der Waals surface area (Å²) in [6.07, 6.45) is 4.83. The topological polar surface area (TPSA) is 92.7 Å². The molecule has 2 N–H and O–H groups in total. The summed E-state index contributed by atoms with van der Waals surface area (Å²) in [6.45, 7) is 4.19. The summed E-state index contributed by atoms with van der Waals surface area (Å²) in [5.74, 6) is -0.791. The second kappa shape index (κ2) is 12.6. The van der Waals surface area contributed by atoms with Crippen molar-refractivity contribution >= 4 is 16.0 Å². The Hall–Kier alpha value is -2.22. The predicted octanol–water partition coefficient (Wildman–Crippen LogP) is 4.28. The van der Waals surface area contributed by atoms with Crippen molar-refractivity contribution in [2.24, 2.45) is 0 Å². The van der Waals surface area contributed by atoms with Gasteiger partial charge in [0.15, 0.2) is 0 Å². The maximum Gasteiger partial charge on any atom is 0.327 e. The third-order valence-electron chi connectivity index (χ3n) is 5.07. The van der Waals surface area contributed by atoms with E-state index in [4.69, 9.17) is 4.74 Å². The van der Waals surface area contributed by atoms with Gasteiger partial charge in [-0.2, -0.15) is 4.72 Å². The van der Waals surface area contributed by atoms with Crippen LogP contribution in [-0.4, -0.2) is 32.1 Å². The highest BCUT2D eigenvalue weighted by atomic mass is 32.2. The minimum Gasteiger partial charge on any atom is -0.464 e. The summed E-state index contributed by atoms with van der Waals surface area (Å²) in [5, 5.41) is 10.8. The molecule has 2 atom stereocenters. The fourth-order valence-electron chi connectivity index (χ4n) is 3.18. The molecule has 0 aliphatic carbocycles. The Labute approximate surface area is 185 Å². The molecule has 2 rings (SSSR count). The molecule has 0 spiro atoms. The van der Waals surface area contributed by atoms with E-state index in [2.05, 4.69) is 11.6 Å². The van der Waals surface area contributed by atoms with Crippen molar-refractivity contribution in [2.75, 3.05) is 6.61 Å². The number of sulfonamides is 1. The number of nitrogens with one attached hydrogen (secondary N) is 1. The number of carbonyl (C=O) groups is 1. The van der Waals surface area contributed by atoms with Gasteiger partial charge in [-0.15, -0.1) is 0 Å². The summed E-state index contributed by atoms with van der Waals surface area (Å²) >= 11 is 0. The zero-order valence-corrected chi connectivity index (χ0v) is 19.1. The van der Waals surface area contributed by atoms with E-state index in [1.807, 2.05) is 6.92 Å². The number of aliphatic hydroxyl groups excluding tert-OH is 1. The lowest BCUT2D eigenvalue weighted by molar-refractivity contribution is -0.148. The molecule has 2 aromatic carbocycles. The van der Waals surface area contributed by atoms with Gasteiger partial charge in [0.25, 0.3) is 0 Å². The van der Waals surface area contributed by atoms with Crippen LogP contribution in [0, 0.1) is 6.92 Å². The highest BCUT2D eigenvalue weighted by Crippen LogP contribution is 2.20. The van der Waals surface area contributed by atoms with Gasteiger partial charge in [-0.1, -0.05) is 87.1 Å². The zero-order chi connectivity index (χ0) is 22.7. The predicted molar refractivity (Wildman–Crippen MR) is 121 cm³/mol. The molecule has 0 saturated carbocycles. The van der Waals surface area contributed by atoms with E-state index < -0.39 is 28.1 Å². The molecule has 0 heterocycles. The minimum atomic E-state index is -4.03. The van der Waals surface area contributed by atoms with Gasteiger partial charge in [0, 0.05) is 0 Å². The average Bonchev–Trinajstić information content (AvgIpc) is 2.77. The monoisotopic (exact) mass is 447 g/mol. The van der Waals surface area contributed by atoms with E-state index in [0.29, 0.717) is 12.0 Å². The molecule has 0 aliphatic heterocycles. The van der Waals surface area contributed by atoms with Crippen LogP contribution in [0.3, 0.4) is 0 Å². The van der Waals surface area contributed by atoms with Crippen molar-refractivity contribution in [3.63, 3.8) is 0 Å². The molecule has 0 amide bonds. The van der Waals surface area contributed by atoms with Crippen LogP contribution in [0.2, 0.25) is 0 Å². The minimum absolute atomic E-state index is 0.0204. The first-order valence-electron chi connectivity index (χ1n) is 10.8. The van der Waals surface area contributed by atoms with E-state index >= 15 is 0 Å². The highest BCUT2D eigenvalue weighted by molar-refractivity contribution is 7.89. The molecule has 0 fully saturated rings. The quantitative estimate of drug-likeness (QED) is 0.353. The Morgan fingerprint density at radius 1 is 0.968 bits per heavy atom. The summed E-state index contributed by atoms with van der Waals surface area (Å²) in [6, 6.07) is 13.3. The number of esters is 1. The molecule has 0 saturated heterocycles. The van der Waals surface area contributed by atoms with Crippen LogP contribution in [0.1, 0.15) is 62.7 Å². The summed E-state index contributed by atoms with van der Waals surface area (Å²) < 4.78 is 33.4. The zero-order valence-electron chi connectivity index (χ0n) is 18.3. The van der Waals surface area contributed by atoms with Crippen LogP contribution < -0.4 is 4.72 Å². The third kappa shape index (κ3) is 8.09. The Bertz CT molecular complexity index is 897. The van der Waals surface area contributed by atoms with Crippen molar-refractivity contribution in [1.82, 2.24) is 4.72 Å². The molecule has 0 aliphatic rings. The molecule has 7 heteroatoms. The number of unbranched alkanes of at least 4 members (excludes halogenated alkanes) is 5. The number of hydrogen-bond acceptors (Lipinski definition) is 5. The molecule has 0 aromatic heterocycles. The lowest BCUT2D eigenvalue weighted by Crippen LogP contribution is -2.46. The van der Waals surface area contributed by atoms with Gasteiger partial charge in [0.05, 0.1) is 11.5 Å². The normalized spacial score (nSPS) is 13.5. The molecule has 0 bridgehead atoms. The Morgan fingerprint density at radius 2 is 1.58 bits per heavy atom. The second-order valence-corrected chi connectivity index (χ2v) is 9.42. The molecule has 0 unspecified atom stereocenters. The average molecular weight is 448 g/mol. The number of carbonyl (C=O) groups excluding carboxylic acids is 1. The summed E-state index contributed by atoms with van der Waals surface area (Å²) in [7, 11) is -4.03. The fraction of sp³-hybridized carbons (Fsp3) is 0.458. The van der Waals surface area contributed by atoms with Crippen LogP contribution in [-0.2, 0) is 19.6 Å². The van der Waals surface area contributed by atoms with Gasteiger partial charge in [-0.25, -0.2) is 8.42 Å². The smallest absolute Gasteiger partial charge is 0.327 e. The molecule has 31 heavy (non-hydrogen) atoms. The third-order valence-corrected chi connectivity index (χ3v) is 6.52. The van der Waals surface area contributed by atoms with Crippen molar-refractivity contribution in [2.45, 2.75) is 69.4 Å². The molecule has 2 aromatic rings. The maximum atomic E-state index is 12.8. The lowest BCUT2D eigenvalue weighted by Gasteiger charge is -2.23. The number of rotatable bonds is 13. The van der Waals surface area contributed by atoms with Crippen LogP contribution in [0.5, 0.6) is 0 Å². The van der Waals surface area contributed by atoms with E-state index in [-0.39, 0.29) is 11.5 Å². The first-order chi connectivity index (χ1) is 14.8. The maximum absolute atomic E-state index is 12.8. The van der Waals surface area contributed by atoms with Crippen molar-refractivity contribution in [3.05, 3.63) is 65.7 Å². The molecule has 170 valence electrons. The molecular formula is C24H33NO5S. The van der Waals surface area contributed by atoms with Crippen LogP contribution in [0.4, 0.5) is 0 Å². The first-order valence-corrected chi connectivity index (χ1v) is 12.3. The van der Waals surface area contributed by atoms with Gasteiger partial charge in [0.1, 0.15) is 12.1 Å². The Balaban J connectivity index is 2.09. The van der Waals surface area contributed by atoms with Crippen LogP contribution >= 0.6 is 0 Å². The number of hydrogen-bond donors (Lipinski definition) is 2. The standard InChI is InChI=1S/C24H33NO5S/c1-3-4-5-6-7-11-18-30-24(27)22(23(26)20-12-9-8-10-13-20)25-31(28,29)21-16-14-19(2)15-17-21/h8-10,12-17,22-23,25-26H,3-7,11,18H2,1-2H3/t22-,23-/m0/s1. The largest absolute Gasteiger partial charge is 0.464 e. The summed E-state index contributed by atoms with van der Waals surface area (Å²) in [4.78, 5) is 12.8.